The monoisotopic (exact) mass is 206 g/mol. The van der Waals surface area contributed by atoms with E-state index >= 15 is 0 Å². The van der Waals surface area contributed by atoms with Gasteiger partial charge in [-0.3, -0.25) is 0 Å². The first-order chi connectivity index (χ1) is 6.84. The third-order valence-electron chi connectivity index (χ3n) is 1.55. The lowest BCUT2D eigenvalue weighted by Crippen LogP contribution is -1.95. The molecule has 2 rings (SSSR count). The minimum Gasteiger partial charge on any atom is -0.325 e. The Hall–Kier alpha value is -1.68. The molecule has 0 atom stereocenters. The van der Waals surface area contributed by atoms with Gasteiger partial charge in [0.1, 0.15) is 11.6 Å². The van der Waals surface area contributed by atoms with E-state index < -0.39 is 0 Å². The van der Waals surface area contributed by atoms with Gasteiger partial charge in [-0.15, -0.1) is 0 Å². The van der Waals surface area contributed by atoms with Crippen LogP contribution in [0.2, 0.25) is 5.28 Å². The Morgan fingerprint density at radius 3 is 2.64 bits per heavy atom. The van der Waals surface area contributed by atoms with Gasteiger partial charge in [0, 0.05) is 12.4 Å². The lowest BCUT2D eigenvalue weighted by Gasteiger charge is -2.02. The van der Waals surface area contributed by atoms with Gasteiger partial charge in [0.15, 0.2) is 0 Å². The Morgan fingerprint density at radius 2 is 1.93 bits per heavy atom. The number of anilines is 2. The van der Waals surface area contributed by atoms with Crippen LogP contribution in [-0.4, -0.2) is 15.0 Å². The number of nitrogens with one attached hydrogen (secondary N) is 1. The second kappa shape index (κ2) is 4.02. The maximum Gasteiger partial charge on any atom is 0.224 e. The van der Waals surface area contributed by atoms with Crippen LogP contribution in [0.3, 0.4) is 0 Å². The van der Waals surface area contributed by atoms with Crippen LogP contribution < -0.4 is 5.32 Å². The molecule has 14 heavy (non-hydrogen) atoms. The Morgan fingerprint density at radius 1 is 1.00 bits per heavy atom. The zero-order chi connectivity index (χ0) is 9.80. The molecule has 0 amide bonds. The summed E-state index contributed by atoms with van der Waals surface area (Å²) in [5.41, 5.74) is 0. The normalized spacial score (nSPS) is 9.79. The highest BCUT2D eigenvalue weighted by Crippen LogP contribution is 2.11. The van der Waals surface area contributed by atoms with Crippen LogP contribution in [0, 0.1) is 0 Å². The summed E-state index contributed by atoms with van der Waals surface area (Å²) in [6.07, 6.45) is 3.28. The number of rotatable bonds is 2. The molecule has 0 bridgehead atoms. The van der Waals surface area contributed by atoms with Crippen LogP contribution in [0.5, 0.6) is 0 Å². The van der Waals surface area contributed by atoms with Crippen LogP contribution in [-0.2, 0) is 0 Å². The maximum atomic E-state index is 5.63. The summed E-state index contributed by atoms with van der Waals surface area (Å²) in [7, 11) is 0. The first-order valence-electron chi connectivity index (χ1n) is 4.01. The molecule has 70 valence electrons. The van der Waals surface area contributed by atoms with Crippen LogP contribution >= 0.6 is 11.6 Å². The smallest absolute Gasteiger partial charge is 0.224 e. The van der Waals surface area contributed by atoms with Crippen LogP contribution in [0.15, 0.2) is 36.7 Å². The van der Waals surface area contributed by atoms with Crippen molar-refractivity contribution in [3.05, 3.63) is 41.9 Å². The highest BCUT2D eigenvalue weighted by Gasteiger charge is 1.96. The molecule has 0 spiro atoms. The molecule has 0 unspecified atom stereocenters. The molecule has 4 nitrogen and oxygen atoms in total. The molecule has 0 aliphatic carbocycles. The second-order valence-electron chi connectivity index (χ2n) is 2.55. The largest absolute Gasteiger partial charge is 0.325 e. The summed E-state index contributed by atoms with van der Waals surface area (Å²) in [6.45, 7) is 0. The highest BCUT2D eigenvalue weighted by molar-refractivity contribution is 6.28. The van der Waals surface area contributed by atoms with Gasteiger partial charge in [-0.1, -0.05) is 6.07 Å². The zero-order valence-electron chi connectivity index (χ0n) is 7.18. The fraction of sp³-hybridized carbons (Fsp3) is 0. The van der Waals surface area contributed by atoms with Gasteiger partial charge in [0.25, 0.3) is 0 Å². The Kier molecular flexibility index (Phi) is 2.55. The second-order valence-corrected chi connectivity index (χ2v) is 2.89. The molecule has 2 aromatic rings. The highest BCUT2D eigenvalue weighted by atomic mass is 35.5. The molecule has 5 heteroatoms. The molecular weight excluding hydrogens is 200 g/mol. The molecule has 0 saturated heterocycles. The molecule has 0 saturated carbocycles. The van der Waals surface area contributed by atoms with Crippen molar-refractivity contribution in [3.8, 4) is 0 Å². The number of nitrogens with zero attached hydrogens (tertiary/aromatic N) is 3. The third-order valence-corrected chi connectivity index (χ3v) is 1.73. The van der Waals surface area contributed by atoms with E-state index in [0.29, 0.717) is 5.82 Å². The molecule has 0 fully saturated rings. The number of aromatic nitrogens is 3. The fourth-order valence-corrected chi connectivity index (χ4v) is 1.12. The number of pyridine rings is 1. The summed E-state index contributed by atoms with van der Waals surface area (Å²) in [6, 6.07) is 7.30. The minimum atomic E-state index is 0.214. The van der Waals surface area contributed by atoms with Gasteiger partial charge in [0.2, 0.25) is 5.28 Å². The average Bonchev–Trinajstić information content (AvgIpc) is 2.19. The molecule has 2 heterocycles. The molecular formula is C9H7ClN4. The van der Waals surface area contributed by atoms with Crippen molar-refractivity contribution in [2.75, 3.05) is 5.32 Å². The summed E-state index contributed by atoms with van der Waals surface area (Å²) in [5.74, 6) is 1.35. The summed E-state index contributed by atoms with van der Waals surface area (Å²) >= 11 is 5.63. The minimum absolute atomic E-state index is 0.214. The van der Waals surface area contributed by atoms with E-state index in [0.717, 1.165) is 5.82 Å². The lowest BCUT2D eigenvalue weighted by atomic mass is 10.4. The molecule has 2 aromatic heterocycles. The van der Waals surface area contributed by atoms with E-state index in [2.05, 4.69) is 20.3 Å². The standard InChI is InChI=1S/C9H7ClN4/c10-9-12-6-4-8(14-9)13-7-3-1-2-5-11-7/h1-6H,(H,11,12,13,14). The summed E-state index contributed by atoms with van der Waals surface area (Å²) in [4.78, 5) is 11.8. The van der Waals surface area contributed by atoms with Crippen molar-refractivity contribution >= 4 is 23.2 Å². The molecule has 0 aliphatic heterocycles. The average molecular weight is 207 g/mol. The number of hydrogen-bond acceptors (Lipinski definition) is 4. The van der Waals surface area contributed by atoms with E-state index in [1.807, 2.05) is 18.2 Å². The van der Waals surface area contributed by atoms with Crippen LogP contribution in [0.25, 0.3) is 0 Å². The van der Waals surface area contributed by atoms with Crippen molar-refractivity contribution in [2.24, 2.45) is 0 Å². The molecule has 0 radical (unpaired) electrons. The van der Waals surface area contributed by atoms with Crippen LogP contribution in [0.4, 0.5) is 11.6 Å². The van der Waals surface area contributed by atoms with Gasteiger partial charge < -0.3 is 5.32 Å². The summed E-state index contributed by atoms with van der Waals surface area (Å²) in [5, 5.41) is 3.21. The lowest BCUT2D eigenvalue weighted by molar-refractivity contribution is 1.16. The Balaban J connectivity index is 2.19. The van der Waals surface area contributed by atoms with E-state index in [4.69, 9.17) is 11.6 Å². The van der Waals surface area contributed by atoms with Crippen molar-refractivity contribution in [1.29, 1.82) is 0 Å². The van der Waals surface area contributed by atoms with Crippen molar-refractivity contribution < 1.29 is 0 Å². The SMILES string of the molecule is Clc1nccc(Nc2ccccn2)n1. The maximum absolute atomic E-state index is 5.63. The molecule has 0 aliphatic rings. The fourth-order valence-electron chi connectivity index (χ4n) is 0.972. The van der Waals surface area contributed by atoms with E-state index in [1.165, 1.54) is 0 Å². The van der Waals surface area contributed by atoms with Gasteiger partial charge in [-0.25, -0.2) is 15.0 Å². The van der Waals surface area contributed by atoms with Crippen LogP contribution in [0.1, 0.15) is 0 Å². The van der Waals surface area contributed by atoms with Gasteiger partial charge >= 0.3 is 0 Å². The topological polar surface area (TPSA) is 50.7 Å². The predicted octanol–water partition coefficient (Wildman–Crippen LogP) is 2.27. The number of halogens is 1. The van der Waals surface area contributed by atoms with E-state index in [1.54, 1.807) is 18.5 Å². The first-order valence-corrected chi connectivity index (χ1v) is 4.39. The quantitative estimate of drug-likeness (QED) is 0.766. The summed E-state index contributed by atoms with van der Waals surface area (Å²) < 4.78 is 0. The van der Waals surface area contributed by atoms with Gasteiger partial charge in [0.05, 0.1) is 0 Å². The Labute approximate surface area is 86.0 Å². The predicted molar refractivity (Wildman–Crippen MR) is 54.6 cm³/mol. The van der Waals surface area contributed by atoms with Gasteiger partial charge in [-0.05, 0) is 29.8 Å². The van der Waals surface area contributed by atoms with E-state index in [-0.39, 0.29) is 5.28 Å². The molecule has 1 N–H and O–H groups in total. The van der Waals surface area contributed by atoms with Crippen molar-refractivity contribution in [1.82, 2.24) is 15.0 Å². The number of hydrogen-bond donors (Lipinski definition) is 1. The van der Waals surface area contributed by atoms with Crippen molar-refractivity contribution in [2.45, 2.75) is 0 Å². The first kappa shape index (κ1) is 8.90. The molecule has 0 aromatic carbocycles. The third kappa shape index (κ3) is 2.17. The zero-order valence-corrected chi connectivity index (χ0v) is 7.94. The van der Waals surface area contributed by atoms with Gasteiger partial charge in [-0.2, -0.15) is 0 Å². The van der Waals surface area contributed by atoms with E-state index in [9.17, 15) is 0 Å². The van der Waals surface area contributed by atoms with Crippen molar-refractivity contribution in [3.63, 3.8) is 0 Å². The Bertz CT molecular complexity index is 418.